The highest BCUT2D eigenvalue weighted by Crippen LogP contribution is 2.33. The monoisotopic (exact) mass is 388 g/mol. The van der Waals surface area contributed by atoms with Gasteiger partial charge in [-0.15, -0.1) is 0 Å². The first-order valence-electron chi connectivity index (χ1n) is 6.94. The number of ether oxygens (including phenoxy) is 2. The Hall–Kier alpha value is -1.66. The zero-order valence-electron chi connectivity index (χ0n) is 12.7. The average Bonchev–Trinajstić information content (AvgIpc) is 2.54. The Labute approximate surface area is 154 Å². The Morgan fingerprint density at radius 1 is 1.08 bits per heavy atom. The predicted octanol–water partition coefficient (Wildman–Crippen LogP) is 4.43. The van der Waals surface area contributed by atoms with Gasteiger partial charge in [0.15, 0.2) is 0 Å². The fourth-order valence-electron chi connectivity index (χ4n) is 1.82. The van der Waals surface area contributed by atoms with Crippen LogP contribution in [0, 0.1) is 0 Å². The topological polar surface area (TPSA) is 59.6 Å². The maximum absolute atomic E-state index is 12.2. The third-order valence-electron chi connectivity index (χ3n) is 2.96. The first-order chi connectivity index (χ1) is 11.5. The molecule has 0 unspecified atom stereocenters. The smallest absolute Gasteiger partial charge is 0.269 e. The van der Waals surface area contributed by atoms with E-state index in [2.05, 4.69) is 10.9 Å². The second-order valence-corrected chi connectivity index (χ2v) is 5.94. The number of hydrogen-bond donors (Lipinski definition) is 2. The number of nitrogens with one attached hydrogen (secondary N) is 2. The lowest BCUT2D eigenvalue weighted by atomic mass is 10.2. The minimum atomic E-state index is -0.366. The summed E-state index contributed by atoms with van der Waals surface area (Å²) in [4.78, 5) is 12.2. The minimum absolute atomic E-state index is 0.296. The van der Waals surface area contributed by atoms with Crippen LogP contribution < -0.4 is 15.6 Å². The number of methoxy groups -OCH3 is 1. The van der Waals surface area contributed by atoms with Crippen molar-refractivity contribution in [3.63, 3.8) is 0 Å². The molecular weight excluding hydrogens is 375 g/mol. The van der Waals surface area contributed by atoms with E-state index in [1.54, 1.807) is 31.4 Å². The fourth-order valence-corrected chi connectivity index (χ4v) is 2.73. The van der Waals surface area contributed by atoms with E-state index in [4.69, 9.17) is 44.3 Å². The van der Waals surface area contributed by atoms with E-state index >= 15 is 0 Å². The largest absolute Gasteiger partial charge is 0.491 e. The van der Waals surface area contributed by atoms with Crippen molar-refractivity contribution < 1.29 is 14.3 Å². The Bertz CT molecular complexity index is 702. The van der Waals surface area contributed by atoms with Crippen molar-refractivity contribution in [2.75, 3.05) is 25.7 Å². The third kappa shape index (κ3) is 5.18. The average molecular weight is 390 g/mol. The maximum atomic E-state index is 12.2. The molecule has 0 radical (unpaired) electrons. The number of amides is 1. The quantitative estimate of drug-likeness (QED) is 0.543. The van der Waals surface area contributed by atoms with Crippen molar-refractivity contribution in [2.45, 2.75) is 0 Å². The van der Waals surface area contributed by atoms with E-state index in [-0.39, 0.29) is 5.91 Å². The SMILES string of the molecule is COCCOc1cccc(C(=O)NNc2c(Cl)cc(Cl)cc2Cl)c1. The lowest BCUT2D eigenvalue weighted by molar-refractivity contribution is 0.0962. The highest BCUT2D eigenvalue weighted by molar-refractivity contribution is 6.41. The molecule has 0 aliphatic carbocycles. The molecule has 0 aliphatic rings. The Morgan fingerprint density at radius 3 is 2.46 bits per heavy atom. The molecule has 0 atom stereocenters. The van der Waals surface area contributed by atoms with Crippen LogP contribution in [0.1, 0.15) is 10.4 Å². The zero-order chi connectivity index (χ0) is 17.5. The molecule has 0 heterocycles. The Balaban J connectivity index is 2.01. The molecule has 0 aromatic heterocycles. The van der Waals surface area contributed by atoms with Gasteiger partial charge in [0.2, 0.25) is 0 Å². The predicted molar refractivity (Wildman–Crippen MR) is 96.4 cm³/mol. The highest BCUT2D eigenvalue weighted by Gasteiger charge is 2.11. The van der Waals surface area contributed by atoms with Crippen molar-refractivity contribution in [1.82, 2.24) is 5.43 Å². The summed E-state index contributed by atoms with van der Waals surface area (Å²) in [7, 11) is 1.59. The molecular formula is C16H15Cl3N2O3. The maximum Gasteiger partial charge on any atom is 0.269 e. The first-order valence-corrected chi connectivity index (χ1v) is 8.07. The third-order valence-corrected chi connectivity index (χ3v) is 3.77. The second-order valence-electron chi connectivity index (χ2n) is 4.69. The number of rotatable bonds is 7. The van der Waals surface area contributed by atoms with Gasteiger partial charge in [-0.2, -0.15) is 0 Å². The Morgan fingerprint density at radius 2 is 1.79 bits per heavy atom. The number of hydrazine groups is 1. The van der Waals surface area contributed by atoms with Crippen molar-refractivity contribution in [2.24, 2.45) is 0 Å². The molecule has 2 aromatic carbocycles. The highest BCUT2D eigenvalue weighted by atomic mass is 35.5. The van der Waals surface area contributed by atoms with E-state index in [0.29, 0.717) is 45.3 Å². The number of hydrogen-bond acceptors (Lipinski definition) is 4. The molecule has 0 saturated heterocycles. The molecule has 0 bridgehead atoms. The van der Waals surface area contributed by atoms with Crippen LogP contribution in [0.3, 0.4) is 0 Å². The lowest BCUT2D eigenvalue weighted by Gasteiger charge is -2.13. The summed E-state index contributed by atoms with van der Waals surface area (Å²) in [6.07, 6.45) is 0. The van der Waals surface area contributed by atoms with E-state index in [0.717, 1.165) is 0 Å². The summed E-state index contributed by atoms with van der Waals surface area (Å²) in [6.45, 7) is 0.862. The van der Waals surface area contributed by atoms with Gasteiger partial charge in [0.05, 0.1) is 22.3 Å². The molecule has 128 valence electrons. The first kappa shape index (κ1) is 18.7. The molecule has 5 nitrogen and oxygen atoms in total. The molecule has 1 amide bonds. The summed E-state index contributed by atoms with van der Waals surface area (Å²) in [6, 6.07) is 9.80. The van der Waals surface area contributed by atoms with E-state index in [1.807, 2.05) is 0 Å². The second kappa shape index (κ2) is 8.99. The van der Waals surface area contributed by atoms with Crippen LogP contribution in [-0.2, 0) is 4.74 Å². The molecule has 2 N–H and O–H groups in total. The van der Waals surface area contributed by atoms with Crippen molar-refractivity contribution in [3.8, 4) is 5.75 Å². The molecule has 8 heteroatoms. The summed E-state index contributed by atoms with van der Waals surface area (Å²) in [5.41, 5.74) is 6.01. The zero-order valence-corrected chi connectivity index (χ0v) is 15.0. The lowest BCUT2D eigenvalue weighted by Crippen LogP contribution is -2.29. The summed E-state index contributed by atoms with van der Waals surface area (Å²) >= 11 is 17.9. The van der Waals surface area contributed by atoms with Crippen LogP contribution in [0.25, 0.3) is 0 Å². The molecule has 0 saturated carbocycles. The Kier molecular flexibility index (Phi) is 6.99. The molecule has 2 aromatic rings. The number of benzene rings is 2. The number of carbonyl (C=O) groups excluding carboxylic acids is 1. The fraction of sp³-hybridized carbons (Fsp3) is 0.188. The van der Waals surface area contributed by atoms with E-state index < -0.39 is 0 Å². The number of halogens is 3. The minimum Gasteiger partial charge on any atom is -0.491 e. The molecule has 0 aliphatic heterocycles. The van der Waals surface area contributed by atoms with Gasteiger partial charge in [-0.05, 0) is 30.3 Å². The van der Waals surface area contributed by atoms with Crippen molar-refractivity contribution >= 4 is 46.4 Å². The van der Waals surface area contributed by atoms with Gasteiger partial charge < -0.3 is 9.47 Å². The van der Waals surface area contributed by atoms with Crippen molar-refractivity contribution in [3.05, 3.63) is 57.0 Å². The molecule has 24 heavy (non-hydrogen) atoms. The number of anilines is 1. The van der Waals surface area contributed by atoms with Crippen LogP contribution in [0.4, 0.5) is 5.69 Å². The van der Waals surface area contributed by atoms with Gasteiger partial charge in [0, 0.05) is 17.7 Å². The standard InChI is InChI=1S/C16H15Cl3N2O3/c1-23-5-6-24-12-4-2-3-10(7-12)16(22)21-20-15-13(18)8-11(17)9-14(15)19/h2-4,7-9,20H,5-6H2,1H3,(H,21,22). The van der Waals surface area contributed by atoms with Gasteiger partial charge in [-0.1, -0.05) is 40.9 Å². The number of carbonyl (C=O) groups is 1. The molecule has 0 fully saturated rings. The summed E-state index contributed by atoms with van der Waals surface area (Å²) in [5, 5.41) is 0.997. The van der Waals surface area contributed by atoms with Crippen LogP contribution in [0.5, 0.6) is 5.75 Å². The normalized spacial score (nSPS) is 10.3. The van der Waals surface area contributed by atoms with Crippen LogP contribution in [-0.4, -0.2) is 26.2 Å². The molecule has 0 spiro atoms. The van der Waals surface area contributed by atoms with Gasteiger partial charge in [-0.25, -0.2) is 0 Å². The van der Waals surface area contributed by atoms with Crippen LogP contribution in [0.15, 0.2) is 36.4 Å². The summed E-state index contributed by atoms with van der Waals surface area (Å²) in [5.74, 6) is 0.205. The summed E-state index contributed by atoms with van der Waals surface area (Å²) < 4.78 is 10.4. The van der Waals surface area contributed by atoms with E-state index in [9.17, 15) is 4.79 Å². The van der Waals surface area contributed by atoms with Crippen LogP contribution >= 0.6 is 34.8 Å². The van der Waals surface area contributed by atoms with Gasteiger partial charge >= 0.3 is 0 Å². The van der Waals surface area contributed by atoms with Crippen LogP contribution in [0.2, 0.25) is 15.1 Å². The van der Waals surface area contributed by atoms with Gasteiger partial charge in [0.25, 0.3) is 5.91 Å². The molecule has 2 rings (SSSR count). The van der Waals surface area contributed by atoms with Gasteiger partial charge in [0.1, 0.15) is 12.4 Å². The van der Waals surface area contributed by atoms with Crippen molar-refractivity contribution in [1.29, 1.82) is 0 Å². The van der Waals surface area contributed by atoms with E-state index in [1.165, 1.54) is 12.1 Å². The van der Waals surface area contributed by atoms with Gasteiger partial charge in [-0.3, -0.25) is 15.6 Å².